The summed E-state index contributed by atoms with van der Waals surface area (Å²) in [7, 11) is -2.98. The van der Waals surface area contributed by atoms with Crippen LogP contribution in [-0.4, -0.2) is 26.5 Å². The molecule has 0 aliphatic rings. The van der Waals surface area contributed by atoms with Gasteiger partial charge >= 0.3 is 0 Å². The van der Waals surface area contributed by atoms with Crippen LogP contribution in [0.2, 0.25) is 0 Å². The maximum absolute atomic E-state index is 13.2. The van der Waals surface area contributed by atoms with Crippen molar-refractivity contribution in [1.29, 1.82) is 0 Å². The van der Waals surface area contributed by atoms with Gasteiger partial charge in [-0.15, -0.1) is 0 Å². The molecule has 0 atom stereocenters. The lowest BCUT2D eigenvalue weighted by molar-refractivity contribution is 0.585. The monoisotopic (exact) mass is 263 g/mol. The van der Waals surface area contributed by atoms with Gasteiger partial charge < -0.3 is 5.32 Å². The minimum absolute atomic E-state index is 0.0688. The molecule has 0 heterocycles. The standard InChI is InChI=1S/C11H15F2NO2S/c1-2-17(15,16)7-3-6-14-11-5-4-9(12)8-10(11)13/h4-5,8,14H,2-3,6-7H2,1H3. The third-order valence-electron chi connectivity index (χ3n) is 2.32. The maximum atomic E-state index is 13.2. The van der Waals surface area contributed by atoms with E-state index in [9.17, 15) is 17.2 Å². The highest BCUT2D eigenvalue weighted by molar-refractivity contribution is 7.91. The van der Waals surface area contributed by atoms with Gasteiger partial charge in [0, 0.05) is 18.4 Å². The van der Waals surface area contributed by atoms with Crippen LogP contribution in [-0.2, 0) is 9.84 Å². The molecule has 0 radical (unpaired) electrons. The summed E-state index contributed by atoms with van der Waals surface area (Å²) in [6.45, 7) is 1.92. The van der Waals surface area contributed by atoms with Gasteiger partial charge in [0.15, 0.2) is 0 Å². The first-order chi connectivity index (χ1) is 7.94. The van der Waals surface area contributed by atoms with Crippen LogP contribution in [0.5, 0.6) is 0 Å². The quantitative estimate of drug-likeness (QED) is 0.800. The highest BCUT2D eigenvalue weighted by Gasteiger charge is 2.07. The van der Waals surface area contributed by atoms with Gasteiger partial charge in [-0.3, -0.25) is 0 Å². The summed E-state index contributed by atoms with van der Waals surface area (Å²) in [5, 5.41) is 2.73. The second kappa shape index (κ2) is 5.95. The molecular weight excluding hydrogens is 248 g/mol. The predicted octanol–water partition coefficient (Wildman–Crippen LogP) is 2.20. The van der Waals surface area contributed by atoms with E-state index in [0.29, 0.717) is 13.0 Å². The normalized spacial score (nSPS) is 11.5. The lowest BCUT2D eigenvalue weighted by Gasteiger charge is -2.07. The fraction of sp³-hybridized carbons (Fsp3) is 0.455. The van der Waals surface area contributed by atoms with Crippen LogP contribution in [0.4, 0.5) is 14.5 Å². The largest absolute Gasteiger partial charge is 0.383 e. The molecule has 96 valence electrons. The molecule has 1 rings (SSSR count). The summed E-state index contributed by atoms with van der Waals surface area (Å²) >= 11 is 0. The lowest BCUT2D eigenvalue weighted by atomic mass is 10.3. The first-order valence-corrected chi connectivity index (χ1v) is 7.16. The van der Waals surface area contributed by atoms with Crippen LogP contribution in [0.25, 0.3) is 0 Å². The van der Waals surface area contributed by atoms with E-state index in [0.717, 1.165) is 12.1 Å². The van der Waals surface area contributed by atoms with E-state index in [1.54, 1.807) is 6.92 Å². The number of hydrogen-bond donors (Lipinski definition) is 1. The second-order valence-electron chi connectivity index (χ2n) is 3.64. The Kier molecular flexibility index (Phi) is 4.86. The van der Waals surface area contributed by atoms with E-state index >= 15 is 0 Å². The molecule has 0 unspecified atom stereocenters. The molecule has 1 N–H and O–H groups in total. The Morgan fingerprint density at radius 2 is 2.00 bits per heavy atom. The Labute approximate surface area is 99.8 Å². The van der Waals surface area contributed by atoms with Crippen molar-refractivity contribution < 1.29 is 17.2 Å². The highest BCUT2D eigenvalue weighted by atomic mass is 32.2. The van der Waals surface area contributed by atoms with Gasteiger partial charge in [-0.2, -0.15) is 0 Å². The average molecular weight is 263 g/mol. The number of sulfone groups is 1. The Hall–Kier alpha value is -1.17. The average Bonchev–Trinajstić information content (AvgIpc) is 2.27. The molecule has 0 aliphatic heterocycles. The lowest BCUT2D eigenvalue weighted by Crippen LogP contribution is -2.13. The van der Waals surface area contributed by atoms with Crippen molar-refractivity contribution in [2.24, 2.45) is 0 Å². The molecule has 3 nitrogen and oxygen atoms in total. The van der Waals surface area contributed by atoms with Crippen LogP contribution < -0.4 is 5.32 Å². The molecule has 0 spiro atoms. The number of benzene rings is 1. The predicted molar refractivity (Wildman–Crippen MR) is 63.8 cm³/mol. The smallest absolute Gasteiger partial charge is 0.150 e. The zero-order valence-corrected chi connectivity index (χ0v) is 10.4. The summed E-state index contributed by atoms with van der Waals surface area (Å²) in [5.41, 5.74) is 0.181. The Balaban J connectivity index is 2.41. The Morgan fingerprint density at radius 1 is 1.29 bits per heavy atom. The Morgan fingerprint density at radius 3 is 2.59 bits per heavy atom. The fourth-order valence-electron chi connectivity index (χ4n) is 1.29. The molecule has 0 aromatic heterocycles. The first kappa shape index (κ1) is 13.9. The second-order valence-corrected chi connectivity index (χ2v) is 6.11. The van der Waals surface area contributed by atoms with E-state index in [1.807, 2.05) is 0 Å². The van der Waals surface area contributed by atoms with Crippen LogP contribution in [0.3, 0.4) is 0 Å². The number of halogens is 2. The molecule has 0 fully saturated rings. The summed E-state index contributed by atoms with van der Waals surface area (Å²) in [5.74, 6) is -1.14. The van der Waals surface area contributed by atoms with E-state index in [4.69, 9.17) is 0 Å². The van der Waals surface area contributed by atoms with Crippen molar-refractivity contribution in [1.82, 2.24) is 0 Å². The molecule has 0 bridgehead atoms. The topological polar surface area (TPSA) is 46.2 Å². The van der Waals surface area contributed by atoms with Crippen molar-refractivity contribution in [3.63, 3.8) is 0 Å². The SMILES string of the molecule is CCS(=O)(=O)CCCNc1ccc(F)cc1F. The molecule has 0 amide bonds. The van der Waals surface area contributed by atoms with Gasteiger partial charge in [0.25, 0.3) is 0 Å². The summed E-state index contributed by atoms with van der Waals surface area (Å²) in [4.78, 5) is 0. The number of anilines is 1. The summed E-state index contributed by atoms with van der Waals surface area (Å²) in [6.07, 6.45) is 0.396. The van der Waals surface area contributed by atoms with E-state index < -0.39 is 21.5 Å². The van der Waals surface area contributed by atoms with Crippen LogP contribution in [0, 0.1) is 11.6 Å². The van der Waals surface area contributed by atoms with Gasteiger partial charge in [0.1, 0.15) is 21.5 Å². The zero-order valence-electron chi connectivity index (χ0n) is 9.54. The van der Waals surface area contributed by atoms with Gasteiger partial charge in [-0.05, 0) is 18.6 Å². The zero-order chi connectivity index (χ0) is 12.9. The number of rotatable bonds is 6. The summed E-state index contributed by atoms with van der Waals surface area (Å²) < 4.78 is 48.1. The minimum atomic E-state index is -2.98. The third-order valence-corrected chi connectivity index (χ3v) is 4.11. The molecule has 6 heteroatoms. The van der Waals surface area contributed by atoms with Crippen molar-refractivity contribution in [2.45, 2.75) is 13.3 Å². The number of hydrogen-bond acceptors (Lipinski definition) is 3. The molecule has 17 heavy (non-hydrogen) atoms. The van der Waals surface area contributed by atoms with Crippen LogP contribution in [0.15, 0.2) is 18.2 Å². The minimum Gasteiger partial charge on any atom is -0.383 e. The third kappa shape index (κ3) is 4.68. The molecule has 0 aliphatic carbocycles. The fourth-order valence-corrected chi connectivity index (χ4v) is 2.17. The summed E-state index contributed by atoms with van der Waals surface area (Å²) in [6, 6.07) is 3.22. The molecule has 1 aromatic rings. The highest BCUT2D eigenvalue weighted by Crippen LogP contribution is 2.14. The van der Waals surface area contributed by atoms with Crippen molar-refractivity contribution >= 4 is 15.5 Å². The van der Waals surface area contributed by atoms with Gasteiger partial charge in [-0.25, -0.2) is 17.2 Å². The van der Waals surface area contributed by atoms with Gasteiger partial charge in [0.05, 0.1) is 11.4 Å². The van der Waals surface area contributed by atoms with Crippen LogP contribution >= 0.6 is 0 Å². The Bertz CT molecular complexity index is 474. The van der Waals surface area contributed by atoms with Crippen LogP contribution in [0.1, 0.15) is 13.3 Å². The molecule has 0 saturated carbocycles. The van der Waals surface area contributed by atoms with Crippen molar-refractivity contribution in [2.75, 3.05) is 23.4 Å². The van der Waals surface area contributed by atoms with E-state index in [-0.39, 0.29) is 17.2 Å². The van der Waals surface area contributed by atoms with Gasteiger partial charge in [-0.1, -0.05) is 6.92 Å². The van der Waals surface area contributed by atoms with Crippen molar-refractivity contribution in [3.8, 4) is 0 Å². The van der Waals surface area contributed by atoms with Crippen molar-refractivity contribution in [3.05, 3.63) is 29.8 Å². The number of nitrogens with one attached hydrogen (secondary N) is 1. The van der Waals surface area contributed by atoms with E-state index in [1.165, 1.54) is 6.07 Å². The first-order valence-electron chi connectivity index (χ1n) is 5.34. The van der Waals surface area contributed by atoms with E-state index in [2.05, 4.69) is 5.32 Å². The molecule has 1 aromatic carbocycles. The molecular formula is C11H15F2NO2S. The maximum Gasteiger partial charge on any atom is 0.150 e. The van der Waals surface area contributed by atoms with Gasteiger partial charge in [0.2, 0.25) is 0 Å². The molecule has 0 saturated heterocycles.